The van der Waals surface area contributed by atoms with Gasteiger partial charge in [0.05, 0.1) is 17.6 Å². The van der Waals surface area contributed by atoms with Crippen LogP contribution in [-0.2, 0) is 4.79 Å². The minimum absolute atomic E-state index is 0.309. The summed E-state index contributed by atoms with van der Waals surface area (Å²) in [6.45, 7) is 5.07. The molecular weight excluding hydrogens is 544 g/mol. The van der Waals surface area contributed by atoms with Crippen LogP contribution in [0, 0.1) is 13.8 Å². The lowest BCUT2D eigenvalue weighted by molar-refractivity contribution is -0.134. The molecule has 0 radical (unpaired) electrons. The maximum Gasteiger partial charge on any atom is 0.300 e. The van der Waals surface area contributed by atoms with E-state index in [2.05, 4.69) is 45.9 Å². The largest absolute Gasteiger partial charge is 0.481 e. The number of nitrogen functional groups attached to an aromatic ring is 1. The number of hydrogen-bond acceptors (Lipinski definition) is 11. The van der Waals surface area contributed by atoms with Crippen LogP contribution < -0.4 is 21.7 Å². The maximum absolute atomic E-state index is 9.00. The lowest BCUT2D eigenvalue weighted by Crippen LogP contribution is -2.07. The average Bonchev–Trinajstić information content (AvgIpc) is 3.87. The summed E-state index contributed by atoms with van der Waals surface area (Å²) < 4.78 is 0. The molecule has 2 saturated carbocycles. The first-order valence-corrected chi connectivity index (χ1v) is 13.4. The SMILES string of the molecule is CC(=O)O.Cc1cnc(Cl)nc1NC1CC1.Cc1cnc(Nc2cccnc2)nc1NC1CC1.Nc1cccnc1. The number of nitrogens with one attached hydrogen (secondary N) is 3. The fourth-order valence-electron chi connectivity index (χ4n) is 3.00. The van der Waals surface area contributed by atoms with Crippen LogP contribution >= 0.6 is 11.6 Å². The van der Waals surface area contributed by atoms with Crippen LogP contribution in [0.15, 0.2) is 61.4 Å². The van der Waals surface area contributed by atoms with Crippen molar-refractivity contribution in [3.8, 4) is 0 Å². The number of carbonyl (C=O) groups is 1. The zero-order chi connectivity index (χ0) is 29.6. The first-order chi connectivity index (χ1) is 19.7. The Labute approximate surface area is 244 Å². The zero-order valence-electron chi connectivity index (χ0n) is 23.3. The third-order valence-corrected chi connectivity index (χ3v) is 5.53. The second-order valence-electron chi connectivity index (χ2n) is 9.41. The van der Waals surface area contributed by atoms with Gasteiger partial charge >= 0.3 is 0 Å². The molecular formula is C28H35ClN10O2. The number of nitrogens with two attached hydrogens (primary N) is 1. The fourth-order valence-corrected chi connectivity index (χ4v) is 3.13. The monoisotopic (exact) mass is 578 g/mol. The van der Waals surface area contributed by atoms with E-state index in [-0.39, 0.29) is 0 Å². The van der Waals surface area contributed by atoms with Gasteiger partial charge in [-0.3, -0.25) is 14.8 Å². The lowest BCUT2D eigenvalue weighted by atomic mass is 10.3. The molecule has 0 bridgehead atoms. The molecule has 216 valence electrons. The highest BCUT2D eigenvalue weighted by atomic mass is 35.5. The van der Waals surface area contributed by atoms with Gasteiger partial charge in [0.25, 0.3) is 5.97 Å². The normalized spacial score (nSPS) is 13.1. The molecule has 0 atom stereocenters. The molecule has 0 aromatic carbocycles. The van der Waals surface area contributed by atoms with Gasteiger partial charge in [-0.05, 0) is 75.4 Å². The van der Waals surface area contributed by atoms with Crippen molar-refractivity contribution >= 4 is 46.5 Å². The highest BCUT2D eigenvalue weighted by Crippen LogP contribution is 2.26. The molecule has 4 heterocycles. The molecule has 12 nitrogen and oxygen atoms in total. The minimum atomic E-state index is -0.833. The highest BCUT2D eigenvalue weighted by Gasteiger charge is 2.23. The summed E-state index contributed by atoms with van der Waals surface area (Å²) in [5.41, 5.74) is 9.01. The molecule has 2 fully saturated rings. The molecule has 0 amide bonds. The van der Waals surface area contributed by atoms with Crippen LogP contribution in [0.4, 0.5) is 29.0 Å². The van der Waals surface area contributed by atoms with E-state index in [9.17, 15) is 0 Å². The minimum Gasteiger partial charge on any atom is -0.481 e. The number of hydrogen-bond donors (Lipinski definition) is 5. The molecule has 6 N–H and O–H groups in total. The van der Waals surface area contributed by atoms with Crippen molar-refractivity contribution in [1.82, 2.24) is 29.9 Å². The van der Waals surface area contributed by atoms with E-state index in [1.54, 1.807) is 43.1 Å². The Morgan fingerprint density at radius 2 is 1.41 bits per heavy atom. The topological polar surface area (TPSA) is 177 Å². The van der Waals surface area contributed by atoms with Gasteiger partial charge in [0, 0.05) is 61.1 Å². The van der Waals surface area contributed by atoms with Crippen molar-refractivity contribution in [3.63, 3.8) is 0 Å². The number of halogens is 1. The molecule has 4 aromatic rings. The van der Waals surface area contributed by atoms with Crippen LogP contribution in [0.3, 0.4) is 0 Å². The van der Waals surface area contributed by atoms with E-state index in [0.29, 0.717) is 29.0 Å². The van der Waals surface area contributed by atoms with Crippen LogP contribution in [0.25, 0.3) is 0 Å². The van der Waals surface area contributed by atoms with Crippen molar-refractivity contribution in [2.75, 3.05) is 21.7 Å². The number of aromatic nitrogens is 6. The molecule has 0 aliphatic heterocycles. The molecule has 2 aliphatic carbocycles. The summed E-state index contributed by atoms with van der Waals surface area (Å²) in [6.07, 6.45) is 15.3. The predicted octanol–water partition coefficient (Wildman–Crippen LogP) is 5.27. The van der Waals surface area contributed by atoms with Crippen LogP contribution in [0.5, 0.6) is 0 Å². The van der Waals surface area contributed by atoms with Crippen LogP contribution in [-0.4, -0.2) is 53.1 Å². The number of anilines is 5. The van der Waals surface area contributed by atoms with E-state index in [0.717, 1.165) is 35.4 Å². The molecule has 4 aromatic heterocycles. The average molecular weight is 579 g/mol. The summed E-state index contributed by atoms with van der Waals surface area (Å²) >= 11 is 5.66. The summed E-state index contributed by atoms with van der Waals surface area (Å²) in [4.78, 5) is 33.5. The summed E-state index contributed by atoms with van der Waals surface area (Å²) in [6, 6.07) is 8.60. The van der Waals surface area contributed by atoms with Gasteiger partial charge in [0.1, 0.15) is 11.6 Å². The summed E-state index contributed by atoms with van der Waals surface area (Å²) in [5.74, 6) is 1.55. The van der Waals surface area contributed by atoms with E-state index in [4.69, 9.17) is 27.2 Å². The molecule has 2 aliphatic rings. The van der Waals surface area contributed by atoms with Crippen molar-refractivity contribution in [2.24, 2.45) is 0 Å². The summed E-state index contributed by atoms with van der Waals surface area (Å²) in [5, 5.41) is 17.6. The predicted molar refractivity (Wildman–Crippen MR) is 161 cm³/mol. The Balaban J connectivity index is 0.000000173. The molecule has 13 heteroatoms. The number of carboxylic acid groups (broad SMARTS) is 1. The van der Waals surface area contributed by atoms with Gasteiger partial charge in [-0.15, -0.1) is 0 Å². The molecule has 6 rings (SSSR count). The fraction of sp³-hybridized carbons (Fsp3) is 0.321. The van der Waals surface area contributed by atoms with Crippen LogP contribution in [0.1, 0.15) is 43.7 Å². The zero-order valence-corrected chi connectivity index (χ0v) is 24.0. The number of aryl methyl sites for hydroxylation is 2. The Bertz CT molecular complexity index is 1370. The molecule has 0 saturated heterocycles. The number of aliphatic carboxylic acids is 1. The number of carboxylic acids is 1. The number of pyridine rings is 2. The second-order valence-corrected chi connectivity index (χ2v) is 9.74. The lowest BCUT2D eigenvalue weighted by Gasteiger charge is -2.09. The molecule has 0 spiro atoms. The Kier molecular flexibility index (Phi) is 12.0. The van der Waals surface area contributed by atoms with Crippen molar-refractivity contribution in [1.29, 1.82) is 0 Å². The first kappa shape index (κ1) is 31.0. The van der Waals surface area contributed by atoms with Gasteiger partial charge in [0.15, 0.2) is 0 Å². The van der Waals surface area contributed by atoms with Crippen molar-refractivity contribution in [3.05, 3.63) is 77.9 Å². The third-order valence-electron chi connectivity index (χ3n) is 5.35. The quantitative estimate of drug-likeness (QED) is 0.188. The van der Waals surface area contributed by atoms with Gasteiger partial charge in [-0.2, -0.15) is 4.98 Å². The Hall–Kier alpha value is -4.58. The standard InChI is InChI=1S/C13H15N5.C8H10ClN3.C5H6N2.C2H4O2/c1-9-7-15-13(17-11-3-2-6-14-8-11)18-12(9)16-10-4-5-10;1-5-4-10-8(9)12-7(5)11-6-2-3-6;6-5-2-1-3-7-4-5;1-2(3)4/h2-3,6-8,10H,4-5H2,1H3,(H2,15,16,17,18);4,6H,2-3H2,1H3,(H,10,11,12);1-4H,6H2;1H3,(H,3,4). The van der Waals surface area contributed by atoms with Gasteiger partial charge in [-0.25, -0.2) is 15.0 Å². The summed E-state index contributed by atoms with van der Waals surface area (Å²) in [7, 11) is 0. The van der Waals surface area contributed by atoms with E-state index < -0.39 is 5.97 Å². The smallest absolute Gasteiger partial charge is 0.300 e. The maximum atomic E-state index is 9.00. The van der Waals surface area contributed by atoms with E-state index in [1.807, 2.05) is 32.2 Å². The third kappa shape index (κ3) is 12.9. The van der Waals surface area contributed by atoms with Gasteiger partial charge in [-0.1, -0.05) is 0 Å². The van der Waals surface area contributed by atoms with Crippen molar-refractivity contribution in [2.45, 2.75) is 58.5 Å². The van der Waals surface area contributed by atoms with E-state index in [1.165, 1.54) is 25.7 Å². The molecule has 0 unspecified atom stereocenters. The first-order valence-electron chi connectivity index (χ1n) is 13.1. The Morgan fingerprint density at radius 1 is 0.878 bits per heavy atom. The second kappa shape index (κ2) is 15.9. The van der Waals surface area contributed by atoms with Crippen molar-refractivity contribution < 1.29 is 9.90 Å². The number of rotatable bonds is 6. The highest BCUT2D eigenvalue weighted by molar-refractivity contribution is 6.28. The number of nitrogens with zero attached hydrogens (tertiary/aromatic N) is 6. The van der Waals surface area contributed by atoms with Gasteiger partial charge < -0.3 is 26.8 Å². The van der Waals surface area contributed by atoms with Crippen LogP contribution in [0.2, 0.25) is 5.28 Å². The molecule has 41 heavy (non-hydrogen) atoms. The van der Waals surface area contributed by atoms with Gasteiger partial charge in [0.2, 0.25) is 11.2 Å². The van der Waals surface area contributed by atoms with E-state index >= 15 is 0 Å². The Morgan fingerprint density at radius 3 is 1.88 bits per heavy atom.